The smallest absolute Gasteiger partial charge is 0.337 e. The Morgan fingerprint density at radius 2 is 1.72 bits per heavy atom. The van der Waals surface area contributed by atoms with E-state index in [9.17, 15) is 18.0 Å². The topological polar surface area (TPSA) is 46.3 Å². The van der Waals surface area contributed by atoms with E-state index in [0.29, 0.717) is 29.8 Å². The van der Waals surface area contributed by atoms with E-state index in [2.05, 4.69) is 0 Å². The van der Waals surface area contributed by atoms with E-state index >= 15 is 0 Å². The summed E-state index contributed by atoms with van der Waals surface area (Å²) in [5, 5.41) is 0. The van der Waals surface area contributed by atoms with Gasteiger partial charge in [-0.15, -0.1) is 12.4 Å². The maximum atomic E-state index is 12.7. The van der Waals surface area contributed by atoms with Crippen LogP contribution in [-0.4, -0.2) is 29.9 Å². The van der Waals surface area contributed by atoms with Crippen molar-refractivity contribution >= 4 is 18.3 Å². The number of carbonyl (C=O) groups is 1. The number of rotatable bonds is 2. The predicted molar refractivity (Wildman–Crippen MR) is 92.6 cm³/mol. The Hall–Kier alpha value is -2.05. The molecule has 7 heteroatoms. The summed E-state index contributed by atoms with van der Waals surface area (Å²) in [6.45, 7) is 1.10. The van der Waals surface area contributed by atoms with Gasteiger partial charge in [-0.1, -0.05) is 30.3 Å². The van der Waals surface area contributed by atoms with Gasteiger partial charge in [-0.25, -0.2) is 0 Å². The highest BCUT2D eigenvalue weighted by Gasteiger charge is 2.30. The molecule has 2 N–H and O–H groups in total. The molecule has 1 heterocycles. The Labute approximate surface area is 150 Å². The number of halogens is 4. The molecule has 1 aliphatic heterocycles. The number of amides is 1. The van der Waals surface area contributed by atoms with Crippen molar-refractivity contribution in [3.05, 3.63) is 59.7 Å². The number of likely N-dealkylation sites (tertiary alicyclic amines) is 1. The highest BCUT2D eigenvalue weighted by atomic mass is 35.5. The number of hydrogen-bond acceptors (Lipinski definition) is 2. The molecule has 25 heavy (non-hydrogen) atoms. The minimum absolute atomic E-state index is 0. The van der Waals surface area contributed by atoms with Gasteiger partial charge in [0.05, 0.1) is 5.56 Å². The lowest BCUT2D eigenvalue weighted by molar-refractivity contribution is -0.137. The van der Waals surface area contributed by atoms with Crippen LogP contribution in [-0.2, 0) is 6.18 Å². The van der Waals surface area contributed by atoms with Crippen LogP contribution in [0, 0.1) is 0 Å². The Morgan fingerprint density at radius 3 is 2.28 bits per heavy atom. The largest absolute Gasteiger partial charge is 0.416 e. The van der Waals surface area contributed by atoms with Gasteiger partial charge in [0.25, 0.3) is 5.91 Å². The molecule has 2 aromatic rings. The number of nitrogens with two attached hydrogens (primary N) is 1. The molecule has 1 fully saturated rings. The Kier molecular flexibility index (Phi) is 5.75. The van der Waals surface area contributed by atoms with Crippen molar-refractivity contribution in [1.29, 1.82) is 0 Å². The lowest BCUT2D eigenvalue weighted by Crippen LogP contribution is -2.32. The molecule has 0 aromatic heterocycles. The van der Waals surface area contributed by atoms with Gasteiger partial charge in [0.1, 0.15) is 0 Å². The summed E-state index contributed by atoms with van der Waals surface area (Å²) in [6, 6.07) is 11.8. The molecule has 0 spiro atoms. The van der Waals surface area contributed by atoms with Crippen molar-refractivity contribution in [3.63, 3.8) is 0 Å². The molecule has 3 rings (SSSR count). The fourth-order valence-electron chi connectivity index (χ4n) is 2.90. The van der Waals surface area contributed by atoms with Gasteiger partial charge in [0.15, 0.2) is 0 Å². The summed E-state index contributed by atoms with van der Waals surface area (Å²) < 4.78 is 38.1. The molecule has 1 amide bonds. The lowest BCUT2D eigenvalue weighted by Gasteiger charge is -2.18. The summed E-state index contributed by atoms with van der Waals surface area (Å²) in [5.41, 5.74) is 6.82. The Balaban J connectivity index is 0.00000225. The number of alkyl halides is 3. The van der Waals surface area contributed by atoms with Crippen molar-refractivity contribution in [2.45, 2.75) is 18.6 Å². The quantitative estimate of drug-likeness (QED) is 0.869. The van der Waals surface area contributed by atoms with Crippen LogP contribution in [0.5, 0.6) is 0 Å². The summed E-state index contributed by atoms with van der Waals surface area (Å²) >= 11 is 0. The van der Waals surface area contributed by atoms with Gasteiger partial charge < -0.3 is 10.6 Å². The molecule has 3 nitrogen and oxygen atoms in total. The monoisotopic (exact) mass is 370 g/mol. The number of carbonyl (C=O) groups excluding carboxylic acids is 1. The SMILES string of the molecule is Cl.N[C@@H]1CCN(C(=O)c2ccccc2-c2ccc(C(F)(F)F)cc2)C1. The second kappa shape index (κ2) is 7.45. The summed E-state index contributed by atoms with van der Waals surface area (Å²) in [7, 11) is 0. The summed E-state index contributed by atoms with van der Waals surface area (Å²) in [4.78, 5) is 14.4. The predicted octanol–water partition coefficient (Wildman–Crippen LogP) is 3.97. The first-order valence-corrected chi connectivity index (χ1v) is 7.68. The average Bonchev–Trinajstić information content (AvgIpc) is 3.00. The standard InChI is InChI=1S/C18H17F3N2O.ClH/c19-18(20,21)13-7-5-12(6-8-13)15-3-1-2-4-16(15)17(24)23-10-9-14(22)11-23;/h1-8,14H,9-11,22H2;1H/t14-;/m1./s1. The zero-order chi connectivity index (χ0) is 17.3. The van der Waals surface area contributed by atoms with Crippen LogP contribution >= 0.6 is 12.4 Å². The van der Waals surface area contributed by atoms with Gasteiger partial charge in [-0.3, -0.25) is 4.79 Å². The summed E-state index contributed by atoms with van der Waals surface area (Å²) in [6.07, 6.45) is -3.62. The van der Waals surface area contributed by atoms with Crippen molar-refractivity contribution < 1.29 is 18.0 Å². The van der Waals surface area contributed by atoms with E-state index in [1.165, 1.54) is 12.1 Å². The minimum atomic E-state index is -4.38. The Bertz CT molecular complexity index is 747. The molecule has 1 aliphatic rings. The first-order chi connectivity index (χ1) is 11.4. The van der Waals surface area contributed by atoms with Gasteiger partial charge >= 0.3 is 6.18 Å². The molecule has 2 aromatic carbocycles. The van der Waals surface area contributed by atoms with E-state index in [1.807, 2.05) is 0 Å². The maximum absolute atomic E-state index is 12.7. The molecular weight excluding hydrogens is 353 g/mol. The molecule has 0 saturated carbocycles. The average molecular weight is 371 g/mol. The van der Waals surface area contributed by atoms with E-state index in [0.717, 1.165) is 18.6 Å². The molecule has 134 valence electrons. The maximum Gasteiger partial charge on any atom is 0.416 e. The van der Waals surface area contributed by atoms with E-state index < -0.39 is 11.7 Å². The van der Waals surface area contributed by atoms with Gasteiger partial charge in [0, 0.05) is 24.7 Å². The fourth-order valence-corrected chi connectivity index (χ4v) is 2.90. The third kappa shape index (κ3) is 4.14. The highest BCUT2D eigenvalue weighted by Crippen LogP contribution is 2.32. The second-order valence-corrected chi connectivity index (χ2v) is 5.92. The van der Waals surface area contributed by atoms with Gasteiger partial charge in [-0.05, 0) is 35.7 Å². The van der Waals surface area contributed by atoms with Crippen molar-refractivity contribution in [1.82, 2.24) is 4.90 Å². The molecule has 0 unspecified atom stereocenters. The molecule has 0 radical (unpaired) electrons. The number of benzene rings is 2. The van der Waals surface area contributed by atoms with Crippen molar-refractivity contribution in [2.24, 2.45) is 5.73 Å². The zero-order valence-corrected chi connectivity index (χ0v) is 14.1. The van der Waals surface area contributed by atoms with Crippen LogP contribution in [0.3, 0.4) is 0 Å². The zero-order valence-electron chi connectivity index (χ0n) is 13.3. The molecule has 1 atom stereocenters. The molecule has 0 bridgehead atoms. The van der Waals surface area contributed by atoms with Crippen molar-refractivity contribution in [3.8, 4) is 11.1 Å². The van der Waals surface area contributed by atoms with Gasteiger partial charge in [0.2, 0.25) is 0 Å². The van der Waals surface area contributed by atoms with E-state index in [-0.39, 0.29) is 24.4 Å². The number of hydrogen-bond donors (Lipinski definition) is 1. The highest BCUT2D eigenvalue weighted by molar-refractivity contribution is 6.01. The Morgan fingerprint density at radius 1 is 1.08 bits per heavy atom. The van der Waals surface area contributed by atoms with Crippen LogP contribution in [0.2, 0.25) is 0 Å². The lowest BCUT2D eigenvalue weighted by atomic mass is 9.98. The second-order valence-electron chi connectivity index (χ2n) is 5.92. The van der Waals surface area contributed by atoms with Crippen molar-refractivity contribution in [2.75, 3.05) is 13.1 Å². The third-order valence-electron chi connectivity index (χ3n) is 4.19. The molecular formula is C18H18ClF3N2O. The number of nitrogens with zero attached hydrogens (tertiary/aromatic N) is 1. The van der Waals surface area contributed by atoms with Crippen LogP contribution in [0.25, 0.3) is 11.1 Å². The van der Waals surface area contributed by atoms with Crippen LogP contribution in [0.15, 0.2) is 48.5 Å². The molecule has 1 saturated heterocycles. The summed E-state index contributed by atoms with van der Waals surface area (Å²) in [5.74, 6) is -0.140. The molecule has 0 aliphatic carbocycles. The first-order valence-electron chi connectivity index (χ1n) is 7.68. The van der Waals surface area contributed by atoms with E-state index in [4.69, 9.17) is 5.73 Å². The minimum Gasteiger partial charge on any atom is -0.337 e. The van der Waals surface area contributed by atoms with Crippen LogP contribution in [0.1, 0.15) is 22.3 Å². The third-order valence-corrected chi connectivity index (χ3v) is 4.19. The van der Waals surface area contributed by atoms with Crippen LogP contribution in [0.4, 0.5) is 13.2 Å². The van der Waals surface area contributed by atoms with Crippen LogP contribution < -0.4 is 5.73 Å². The van der Waals surface area contributed by atoms with E-state index in [1.54, 1.807) is 29.2 Å². The fraction of sp³-hybridized carbons (Fsp3) is 0.278. The first kappa shape index (κ1) is 19.3. The normalized spacial score (nSPS) is 17.3. The van der Waals surface area contributed by atoms with Gasteiger partial charge in [-0.2, -0.15) is 13.2 Å².